The summed E-state index contributed by atoms with van der Waals surface area (Å²) in [6, 6.07) is 6.68. The fourth-order valence-corrected chi connectivity index (χ4v) is 3.68. The molecule has 0 saturated carbocycles. The second-order valence-corrected chi connectivity index (χ2v) is 6.79. The van der Waals surface area contributed by atoms with Gasteiger partial charge in [-0.05, 0) is 24.3 Å². The van der Waals surface area contributed by atoms with Crippen LogP contribution in [0.5, 0.6) is 0 Å². The predicted molar refractivity (Wildman–Crippen MR) is 72.4 cm³/mol. The van der Waals surface area contributed by atoms with E-state index in [-0.39, 0.29) is 0 Å². The molecule has 0 aromatic heterocycles. The summed E-state index contributed by atoms with van der Waals surface area (Å²) in [6.07, 6.45) is 0. The zero-order valence-corrected chi connectivity index (χ0v) is 12.8. The van der Waals surface area contributed by atoms with Crippen LogP contribution in [0.4, 0.5) is 0 Å². The van der Waals surface area contributed by atoms with Crippen molar-refractivity contribution in [1.29, 1.82) is 0 Å². The second kappa shape index (κ2) is 6.14. The molecule has 1 aromatic rings. The highest BCUT2D eigenvalue weighted by molar-refractivity contribution is 9.10. The Labute approximate surface area is 113 Å². The van der Waals surface area contributed by atoms with E-state index >= 15 is 0 Å². The predicted octanol–water partition coefficient (Wildman–Crippen LogP) is 2.85. The highest BCUT2D eigenvalue weighted by Crippen LogP contribution is 2.18. The molecule has 3 nitrogen and oxygen atoms in total. The molecule has 0 amide bonds. The molecule has 0 unspecified atom stereocenters. The van der Waals surface area contributed by atoms with Crippen LogP contribution in [0, 0.1) is 0 Å². The fourth-order valence-electron chi connectivity index (χ4n) is 1.30. The van der Waals surface area contributed by atoms with E-state index in [0.717, 1.165) is 4.47 Å². The quantitative estimate of drug-likeness (QED) is 0.747. The highest BCUT2D eigenvalue weighted by atomic mass is 79.9. The summed E-state index contributed by atoms with van der Waals surface area (Å²) >= 11 is 6.53. The van der Waals surface area contributed by atoms with E-state index in [2.05, 4.69) is 31.9 Å². The summed E-state index contributed by atoms with van der Waals surface area (Å²) < 4.78 is 26.6. The van der Waals surface area contributed by atoms with Crippen molar-refractivity contribution in [3.8, 4) is 0 Å². The molecule has 0 N–H and O–H groups in total. The van der Waals surface area contributed by atoms with Gasteiger partial charge in [0.2, 0.25) is 10.0 Å². The molecule has 0 bridgehead atoms. The molecule has 0 spiro atoms. The Kier molecular flexibility index (Phi) is 5.43. The summed E-state index contributed by atoms with van der Waals surface area (Å²) in [4.78, 5) is 0.332. The number of benzene rings is 1. The number of hydrogen-bond acceptors (Lipinski definition) is 2. The van der Waals surface area contributed by atoms with Crippen LogP contribution in [0.1, 0.15) is 6.92 Å². The lowest BCUT2D eigenvalue weighted by molar-refractivity contribution is 0.448. The smallest absolute Gasteiger partial charge is 0.207 e. The Morgan fingerprint density at radius 1 is 1.25 bits per heavy atom. The summed E-state index contributed by atoms with van der Waals surface area (Å²) in [5, 5.41) is 0.636. The van der Waals surface area contributed by atoms with Crippen LogP contribution in [0.2, 0.25) is 0 Å². The van der Waals surface area contributed by atoms with Crippen molar-refractivity contribution in [2.75, 3.05) is 18.4 Å². The molecule has 90 valence electrons. The molecule has 0 heterocycles. The molecule has 0 aliphatic heterocycles. The van der Waals surface area contributed by atoms with Crippen molar-refractivity contribution in [2.24, 2.45) is 0 Å². The van der Waals surface area contributed by atoms with Crippen molar-refractivity contribution < 1.29 is 8.42 Å². The molecule has 0 aliphatic carbocycles. The monoisotopic (exact) mass is 369 g/mol. The van der Waals surface area contributed by atoms with E-state index in [1.165, 1.54) is 4.31 Å². The first-order valence-electron chi connectivity index (χ1n) is 4.84. The third kappa shape index (κ3) is 3.29. The average molecular weight is 371 g/mol. The first-order chi connectivity index (χ1) is 7.52. The minimum Gasteiger partial charge on any atom is -0.207 e. The van der Waals surface area contributed by atoms with E-state index < -0.39 is 10.0 Å². The van der Waals surface area contributed by atoms with Gasteiger partial charge >= 0.3 is 0 Å². The Balaban J connectivity index is 3.04. The number of halogens is 2. The van der Waals surface area contributed by atoms with Crippen molar-refractivity contribution in [3.05, 3.63) is 28.7 Å². The first-order valence-corrected chi connectivity index (χ1v) is 8.19. The Morgan fingerprint density at radius 2 is 1.81 bits per heavy atom. The molecule has 16 heavy (non-hydrogen) atoms. The summed E-state index contributed by atoms with van der Waals surface area (Å²) in [5.74, 6) is 0. The third-order valence-corrected chi connectivity index (χ3v) is 5.01. The maximum atomic E-state index is 12.2. The van der Waals surface area contributed by atoms with Crippen molar-refractivity contribution in [2.45, 2.75) is 11.8 Å². The van der Waals surface area contributed by atoms with Crippen LogP contribution in [0.3, 0.4) is 0 Å². The van der Waals surface area contributed by atoms with Gasteiger partial charge in [0.1, 0.15) is 0 Å². The summed E-state index contributed by atoms with van der Waals surface area (Å²) in [7, 11) is -3.35. The second-order valence-electron chi connectivity index (χ2n) is 3.14. The van der Waals surface area contributed by atoms with Crippen LogP contribution in [-0.4, -0.2) is 31.1 Å². The van der Waals surface area contributed by atoms with Gasteiger partial charge < -0.3 is 0 Å². The first kappa shape index (κ1) is 14.2. The minimum absolute atomic E-state index is 0.332. The number of sulfonamides is 1. The fraction of sp³-hybridized carbons (Fsp3) is 0.400. The van der Waals surface area contributed by atoms with Crippen LogP contribution >= 0.6 is 31.9 Å². The van der Waals surface area contributed by atoms with Crippen LogP contribution in [0.25, 0.3) is 0 Å². The lowest BCUT2D eigenvalue weighted by Gasteiger charge is -2.19. The number of alkyl halides is 1. The van der Waals surface area contributed by atoms with Crippen LogP contribution < -0.4 is 0 Å². The molecule has 0 radical (unpaired) electrons. The van der Waals surface area contributed by atoms with E-state index in [4.69, 9.17) is 0 Å². The standard InChI is InChI=1S/C10H13Br2NO2S/c1-2-13(8-7-11)16(14,15)10-5-3-9(12)4-6-10/h3-6H,2,7-8H2,1H3. The molecule has 6 heteroatoms. The largest absolute Gasteiger partial charge is 0.243 e. The van der Waals surface area contributed by atoms with Crippen molar-refractivity contribution in [3.63, 3.8) is 0 Å². The maximum absolute atomic E-state index is 12.2. The van der Waals surface area contributed by atoms with Gasteiger partial charge in [0, 0.05) is 22.9 Å². The zero-order chi connectivity index (χ0) is 12.2. The van der Waals surface area contributed by atoms with E-state index in [1.54, 1.807) is 24.3 Å². The van der Waals surface area contributed by atoms with Crippen molar-refractivity contribution in [1.82, 2.24) is 4.31 Å². The van der Waals surface area contributed by atoms with Gasteiger partial charge in [0.05, 0.1) is 4.90 Å². The molecule has 1 aromatic carbocycles. The molecule has 0 saturated heterocycles. The van der Waals surface area contributed by atoms with Crippen LogP contribution in [-0.2, 0) is 10.0 Å². The van der Waals surface area contributed by atoms with Crippen LogP contribution in [0.15, 0.2) is 33.6 Å². The summed E-state index contributed by atoms with van der Waals surface area (Å²) in [5.41, 5.74) is 0. The SMILES string of the molecule is CCN(CCBr)S(=O)(=O)c1ccc(Br)cc1. The van der Waals surface area contributed by atoms with E-state index in [1.807, 2.05) is 6.92 Å². The van der Waals surface area contributed by atoms with Gasteiger partial charge in [0.25, 0.3) is 0 Å². The van der Waals surface area contributed by atoms with Gasteiger partial charge in [-0.15, -0.1) is 0 Å². The Hall–Kier alpha value is 0.0900. The average Bonchev–Trinajstić information content (AvgIpc) is 2.26. The normalized spacial score (nSPS) is 12.0. The van der Waals surface area contributed by atoms with Gasteiger partial charge in [0.15, 0.2) is 0 Å². The van der Waals surface area contributed by atoms with E-state index in [9.17, 15) is 8.42 Å². The molecule has 0 fully saturated rings. The van der Waals surface area contributed by atoms with Gasteiger partial charge in [-0.2, -0.15) is 4.31 Å². The third-order valence-electron chi connectivity index (χ3n) is 2.14. The van der Waals surface area contributed by atoms with Crippen molar-refractivity contribution >= 4 is 41.9 Å². The van der Waals surface area contributed by atoms with Gasteiger partial charge in [-0.3, -0.25) is 0 Å². The number of nitrogens with zero attached hydrogens (tertiary/aromatic N) is 1. The van der Waals surface area contributed by atoms with Gasteiger partial charge in [-0.25, -0.2) is 8.42 Å². The number of hydrogen-bond donors (Lipinski definition) is 0. The molecular formula is C10H13Br2NO2S. The van der Waals surface area contributed by atoms with E-state index in [0.29, 0.717) is 23.3 Å². The zero-order valence-electron chi connectivity index (χ0n) is 8.86. The topological polar surface area (TPSA) is 37.4 Å². The molecular weight excluding hydrogens is 358 g/mol. The highest BCUT2D eigenvalue weighted by Gasteiger charge is 2.21. The summed E-state index contributed by atoms with van der Waals surface area (Å²) in [6.45, 7) is 2.79. The Bertz CT molecular complexity index is 431. The Morgan fingerprint density at radius 3 is 2.25 bits per heavy atom. The minimum atomic E-state index is -3.35. The van der Waals surface area contributed by atoms with Gasteiger partial charge in [-0.1, -0.05) is 38.8 Å². The lowest BCUT2D eigenvalue weighted by atomic mass is 10.4. The molecule has 1 rings (SSSR count). The number of rotatable bonds is 5. The molecule has 0 atom stereocenters. The maximum Gasteiger partial charge on any atom is 0.243 e. The lowest BCUT2D eigenvalue weighted by Crippen LogP contribution is -2.32. The molecule has 0 aliphatic rings.